The van der Waals surface area contributed by atoms with Gasteiger partial charge < -0.3 is 36.9 Å². The van der Waals surface area contributed by atoms with E-state index in [2.05, 4.69) is 0 Å². The van der Waals surface area contributed by atoms with Crippen molar-refractivity contribution in [3.63, 3.8) is 0 Å². The SMILES string of the molecule is [NH4+].[NH4+].[NH4+].[NH4+].[NH4+].[NH4+].[O]=[Mo](=[O])([O-])[O-].[O]=[Mo](=[O])([O-])[O-].[O]=[Mo](=[O])([O-])[O-].[W]. The van der Waals surface area contributed by atoms with Crippen LogP contribution < -0.4 is 59.5 Å². The molecular formula is H24Mo3N6O12W. The van der Waals surface area contributed by atoms with E-state index in [4.69, 9.17) is 42.9 Å². The first-order chi connectivity index (χ1) is 6.00. The summed E-state index contributed by atoms with van der Waals surface area (Å²) in [5.74, 6) is 0. The van der Waals surface area contributed by atoms with Gasteiger partial charge in [-0.25, -0.2) is 0 Å². The Hall–Kier alpha value is 1.07. The van der Waals surface area contributed by atoms with E-state index in [-0.39, 0.29) is 58.0 Å². The predicted octanol–water partition coefficient (Wildman–Crippen LogP) is -5.60. The molecule has 0 radical (unpaired) electrons. The number of rotatable bonds is 0. The molecule has 0 aromatic rings. The van der Waals surface area contributed by atoms with Gasteiger partial charge in [-0.3, -0.25) is 0 Å². The number of quaternary nitrogens is 6. The van der Waals surface area contributed by atoms with Crippen LogP contribution in [0.2, 0.25) is 0 Å². The third-order valence-corrected chi connectivity index (χ3v) is 0. The van der Waals surface area contributed by atoms with E-state index in [0.29, 0.717) is 0 Å². The summed E-state index contributed by atoms with van der Waals surface area (Å²) >= 11 is -18.1. The van der Waals surface area contributed by atoms with Crippen molar-refractivity contribution >= 4 is 0 Å². The summed E-state index contributed by atoms with van der Waals surface area (Å²) in [6.45, 7) is 0. The van der Waals surface area contributed by atoms with Crippen LogP contribution in [0.3, 0.4) is 0 Å². The zero-order valence-electron chi connectivity index (χ0n) is 12.5. The van der Waals surface area contributed by atoms with E-state index in [1.807, 2.05) is 0 Å². The van der Waals surface area contributed by atoms with Gasteiger partial charge in [0.1, 0.15) is 0 Å². The van der Waals surface area contributed by atoms with Crippen molar-refractivity contribution in [1.29, 1.82) is 0 Å². The van der Waals surface area contributed by atoms with Gasteiger partial charge in [0.2, 0.25) is 0 Å². The van der Waals surface area contributed by atoms with Crippen molar-refractivity contribution in [2.24, 2.45) is 0 Å². The molecule has 0 aliphatic heterocycles. The van der Waals surface area contributed by atoms with Gasteiger partial charge in [-0.15, -0.1) is 0 Å². The zero-order valence-corrected chi connectivity index (χ0v) is 21.5. The van der Waals surface area contributed by atoms with Crippen molar-refractivity contribution in [3.05, 3.63) is 0 Å². The molecule has 22 heteroatoms. The summed E-state index contributed by atoms with van der Waals surface area (Å²) < 4.78 is 104. The Balaban J connectivity index is -0.0000000106. The fraction of sp³-hybridized carbons (Fsp3) is 0. The van der Waals surface area contributed by atoms with Crippen LogP contribution >= 0.6 is 0 Å². The van der Waals surface area contributed by atoms with Gasteiger partial charge in [-0.2, -0.15) is 0 Å². The maximum absolute atomic E-state index is 8.63. The largest absolute Gasteiger partial charge is 0 e. The number of hydrogen-bond donors (Lipinski definition) is 6. The molecule has 0 fully saturated rings. The van der Waals surface area contributed by atoms with Crippen LogP contribution in [0, 0.1) is 0 Å². The molecule has 0 aromatic heterocycles. The van der Waals surface area contributed by atoms with Crippen molar-refractivity contribution in [1.82, 2.24) is 36.9 Å². The van der Waals surface area contributed by atoms with Crippen molar-refractivity contribution in [3.8, 4) is 0 Å². The molecule has 0 amide bonds. The van der Waals surface area contributed by atoms with Crippen molar-refractivity contribution in [2.45, 2.75) is 0 Å². The number of hydrogen-bond acceptors (Lipinski definition) is 12. The molecule has 24 N–H and O–H groups in total. The fourth-order valence-electron chi connectivity index (χ4n) is 0. The van der Waals surface area contributed by atoms with Gasteiger partial charge in [0.05, 0.1) is 0 Å². The molecule has 0 spiro atoms. The molecule has 22 heavy (non-hydrogen) atoms. The molecule has 0 aromatic carbocycles. The standard InChI is InChI=1S/3Mo.6H3N.12O.W/h;;;6*1H3;;;;;;;;;;;;;/q;;;;;;;;;;;;;;;6*-1;/p+6. The first kappa shape index (κ1) is 65.8. The van der Waals surface area contributed by atoms with E-state index in [1.54, 1.807) is 0 Å². The third kappa shape index (κ3) is 7370. The Morgan fingerprint density at radius 3 is 0.364 bits per heavy atom. The first-order valence-corrected chi connectivity index (χ1v) is 11.8. The first-order valence-electron chi connectivity index (χ1n) is 2.00. The van der Waals surface area contributed by atoms with Crippen molar-refractivity contribution in [2.75, 3.05) is 0 Å². The molecule has 0 saturated carbocycles. The molecule has 0 unspecified atom stereocenters. The summed E-state index contributed by atoms with van der Waals surface area (Å²) in [5.41, 5.74) is 0. The summed E-state index contributed by atoms with van der Waals surface area (Å²) in [6, 6.07) is 0. The molecule has 0 rings (SSSR count). The third-order valence-electron chi connectivity index (χ3n) is 0. The Labute approximate surface area is 150 Å². The van der Waals surface area contributed by atoms with Crippen LogP contribution in [0.1, 0.15) is 0 Å². The zero-order chi connectivity index (χ0) is 13.5. The van der Waals surface area contributed by atoms with Gasteiger partial charge in [-0.1, -0.05) is 0 Å². The Bertz CT molecular complexity index is 356. The normalized spacial score (nSPS) is 7.91. The minimum Gasteiger partial charge on any atom is 0 e. The van der Waals surface area contributed by atoms with Gasteiger partial charge >= 0.3 is 93.2 Å². The van der Waals surface area contributed by atoms with E-state index < -0.39 is 50.2 Å². The second-order valence-electron chi connectivity index (χ2n) is 1.22. The second kappa shape index (κ2) is 26.9. The molecule has 150 valence electrons. The van der Waals surface area contributed by atoms with Crippen LogP contribution in [-0.4, -0.2) is 0 Å². The quantitative estimate of drug-likeness (QED) is 0.126. The molecule has 0 atom stereocenters. The van der Waals surface area contributed by atoms with Gasteiger partial charge in [0.25, 0.3) is 0 Å². The summed E-state index contributed by atoms with van der Waals surface area (Å²) in [5, 5.41) is 0. The molecule has 0 aliphatic rings. The van der Waals surface area contributed by atoms with E-state index in [0.717, 1.165) is 0 Å². The van der Waals surface area contributed by atoms with Crippen LogP contribution in [-0.2, 0) is 91.7 Å². The maximum Gasteiger partial charge on any atom is 0 e. The molecule has 0 heterocycles. The van der Waals surface area contributed by atoms with Gasteiger partial charge in [0, 0.05) is 21.1 Å². The molecule has 0 bridgehead atoms. The summed E-state index contributed by atoms with van der Waals surface area (Å²) in [6.07, 6.45) is 0. The predicted molar refractivity (Wildman–Crippen MR) is 40.0 cm³/mol. The van der Waals surface area contributed by atoms with Crippen LogP contribution in [0.15, 0.2) is 0 Å². The van der Waals surface area contributed by atoms with Gasteiger partial charge in [-0.05, 0) is 0 Å². The monoisotopic (exact) mass is 778 g/mol. The van der Waals surface area contributed by atoms with Crippen molar-refractivity contribution < 1.29 is 114 Å². The van der Waals surface area contributed by atoms with E-state index in [9.17, 15) is 0 Å². The fourth-order valence-corrected chi connectivity index (χ4v) is 0. The Kier molecular flexibility index (Phi) is 80.6. The maximum atomic E-state index is 8.63. The molecule has 0 aliphatic carbocycles. The minimum absolute atomic E-state index is 0. The van der Waals surface area contributed by atoms with E-state index >= 15 is 0 Å². The van der Waals surface area contributed by atoms with Gasteiger partial charge in [0.15, 0.2) is 0 Å². The molecule has 0 saturated heterocycles. The second-order valence-corrected chi connectivity index (χ2v) is 7.25. The van der Waals surface area contributed by atoms with Crippen LogP contribution in [0.4, 0.5) is 0 Å². The van der Waals surface area contributed by atoms with Crippen LogP contribution in [0.25, 0.3) is 0 Å². The molecule has 18 nitrogen and oxygen atoms in total. The van der Waals surface area contributed by atoms with E-state index in [1.165, 1.54) is 0 Å². The minimum atomic E-state index is -6.02. The average Bonchev–Trinajstić information content (AvgIpc) is 1.41. The summed E-state index contributed by atoms with van der Waals surface area (Å²) in [7, 11) is 0. The Morgan fingerprint density at radius 2 is 0.364 bits per heavy atom. The molecular weight excluding hydrogens is 748 g/mol. The average molecular weight is 772 g/mol. The topological polar surface area (TPSA) is 460 Å². The van der Waals surface area contributed by atoms with Crippen LogP contribution in [0.5, 0.6) is 0 Å². The smallest absolute Gasteiger partial charge is 0 e. The summed E-state index contributed by atoms with van der Waals surface area (Å²) in [4.78, 5) is 0. The Morgan fingerprint density at radius 1 is 0.364 bits per heavy atom.